The lowest BCUT2D eigenvalue weighted by molar-refractivity contribution is 0.190. The largest absolute Gasteiger partial charge is 0.387 e. The van der Waals surface area contributed by atoms with Crippen molar-refractivity contribution in [3.63, 3.8) is 0 Å². The summed E-state index contributed by atoms with van der Waals surface area (Å²) < 4.78 is 1.74. The first-order valence-electron chi connectivity index (χ1n) is 4.71. The van der Waals surface area contributed by atoms with Gasteiger partial charge in [0, 0.05) is 12.4 Å². The van der Waals surface area contributed by atoms with Crippen molar-refractivity contribution in [1.82, 2.24) is 9.78 Å². The average molecular weight is 190 g/mol. The van der Waals surface area contributed by atoms with E-state index in [1.165, 1.54) is 5.56 Å². The number of aromatic nitrogens is 2. The van der Waals surface area contributed by atoms with Crippen molar-refractivity contribution in [2.45, 2.75) is 20.0 Å². The molecule has 2 aromatic rings. The van der Waals surface area contributed by atoms with Crippen LogP contribution in [0.4, 0.5) is 0 Å². The fourth-order valence-corrected chi connectivity index (χ4v) is 1.83. The van der Waals surface area contributed by atoms with Crippen LogP contribution in [0.3, 0.4) is 0 Å². The lowest BCUT2D eigenvalue weighted by Gasteiger charge is -2.04. The maximum Gasteiger partial charge on any atom is 0.0934 e. The van der Waals surface area contributed by atoms with Crippen LogP contribution in [0.5, 0.6) is 0 Å². The number of aryl methyl sites for hydroxylation is 2. The van der Waals surface area contributed by atoms with Crippen molar-refractivity contribution in [2.24, 2.45) is 7.05 Å². The van der Waals surface area contributed by atoms with E-state index in [1.54, 1.807) is 11.6 Å². The Morgan fingerprint density at radius 3 is 2.79 bits per heavy atom. The summed E-state index contributed by atoms with van der Waals surface area (Å²) in [6.07, 6.45) is -0.480. The molecule has 0 amide bonds. The van der Waals surface area contributed by atoms with E-state index in [0.717, 1.165) is 16.6 Å². The molecule has 1 atom stereocenters. The Bertz CT molecular complexity index is 471. The van der Waals surface area contributed by atoms with Crippen LogP contribution in [0, 0.1) is 6.92 Å². The van der Waals surface area contributed by atoms with Gasteiger partial charge in [-0.1, -0.05) is 11.6 Å². The highest BCUT2D eigenvalue weighted by atomic mass is 16.3. The van der Waals surface area contributed by atoms with Crippen molar-refractivity contribution in [1.29, 1.82) is 0 Å². The van der Waals surface area contributed by atoms with Gasteiger partial charge in [-0.2, -0.15) is 5.10 Å². The molecule has 0 saturated carbocycles. The van der Waals surface area contributed by atoms with Crippen molar-refractivity contribution in [3.8, 4) is 0 Å². The maximum atomic E-state index is 9.62. The molecule has 0 saturated heterocycles. The van der Waals surface area contributed by atoms with Gasteiger partial charge in [-0.05, 0) is 26.0 Å². The number of fused-ring (bicyclic) bond motifs is 1. The minimum absolute atomic E-state index is 0.480. The maximum absolute atomic E-state index is 9.62. The molecule has 14 heavy (non-hydrogen) atoms. The van der Waals surface area contributed by atoms with Gasteiger partial charge >= 0.3 is 0 Å². The summed E-state index contributed by atoms with van der Waals surface area (Å²) in [7, 11) is 1.86. The van der Waals surface area contributed by atoms with Crippen molar-refractivity contribution >= 4 is 10.9 Å². The Kier molecular flexibility index (Phi) is 2.04. The molecule has 0 aliphatic rings. The predicted octanol–water partition coefficient (Wildman–Crippen LogP) is 1.94. The first-order valence-corrected chi connectivity index (χ1v) is 4.71. The Balaban J connectivity index is 2.79. The number of rotatable bonds is 1. The van der Waals surface area contributed by atoms with E-state index in [4.69, 9.17) is 0 Å². The summed E-state index contributed by atoms with van der Waals surface area (Å²) in [5.41, 5.74) is 3.00. The van der Waals surface area contributed by atoms with Gasteiger partial charge in [-0.3, -0.25) is 4.68 Å². The van der Waals surface area contributed by atoms with Gasteiger partial charge in [0.05, 0.1) is 17.3 Å². The summed E-state index contributed by atoms with van der Waals surface area (Å²) in [6.45, 7) is 3.80. The smallest absolute Gasteiger partial charge is 0.0934 e. The molecule has 0 bridgehead atoms. The lowest BCUT2D eigenvalue weighted by atomic mass is 10.1. The number of hydrogen-bond acceptors (Lipinski definition) is 2. The van der Waals surface area contributed by atoms with Crippen molar-refractivity contribution in [2.75, 3.05) is 0 Å². The SMILES string of the molecule is Cc1ccc2nn(C)c(C(C)O)c2c1. The zero-order valence-corrected chi connectivity index (χ0v) is 8.65. The van der Waals surface area contributed by atoms with E-state index in [0.29, 0.717) is 0 Å². The van der Waals surface area contributed by atoms with E-state index in [-0.39, 0.29) is 0 Å². The number of nitrogens with zero attached hydrogens (tertiary/aromatic N) is 2. The third kappa shape index (κ3) is 1.30. The van der Waals surface area contributed by atoms with Gasteiger partial charge in [0.15, 0.2) is 0 Å². The fourth-order valence-electron chi connectivity index (χ4n) is 1.83. The van der Waals surface area contributed by atoms with Crippen LogP contribution < -0.4 is 0 Å². The van der Waals surface area contributed by atoms with Gasteiger partial charge in [0.1, 0.15) is 0 Å². The Morgan fingerprint density at radius 1 is 1.43 bits per heavy atom. The standard InChI is InChI=1S/C11H14N2O/c1-7-4-5-10-9(6-7)11(8(2)14)13(3)12-10/h4-6,8,14H,1-3H3. The molecule has 0 fully saturated rings. The summed E-state index contributed by atoms with van der Waals surface area (Å²) in [6, 6.07) is 6.07. The third-order valence-corrected chi connectivity index (χ3v) is 2.43. The second kappa shape index (κ2) is 3.10. The Hall–Kier alpha value is -1.35. The first kappa shape index (κ1) is 9.21. The van der Waals surface area contributed by atoms with E-state index in [2.05, 4.69) is 11.2 Å². The molecule has 3 nitrogen and oxygen atoms in total. The van der Waals surface area contributed by atoms with E-state index in [1.807, 2.05) is 26.1 Å². The molecule has 0 aliphatic heterocycles. The lowest BCUT2D eigenvalue weighted by Crippen LogP contribution is -2.01. The fraction of sp³-hybridized carbons (Fsp3) is 0.364. The second-order valence-electron chi connectivity index (χ2n) is 3.71. The van der Waals surface area contributed by atoms with Crippen molar-refractivity contribution < 1.29 is 5.11 Å². The third-order valence-electron chi connectivity index (χ3n) is 2.43. The molecular formula is C11H14N2O. The Morgan fingerprint density at radius 2 is 2.14 bits per heavy atom. The molecule has 1 aromatic carbocycles. The van der Waals surface area contributed by atoms with E-state index >= 15 is 0 Å². The molecule has 3 heteroatoms. The molecular weight excluding hydrogens is 176 g/mol. The summed E-state index contributed by atoms with van der Waals surface area (Å²) in [5, 5.41) is 15.0. The van der Waals surface area contributed by atoms with Gasteiger partial charge in [0.2, 0.25) is 0 Å². The zero-order chi connectivity index (χ0) is 10.3. The Labute approximate surface area is 83.0 Å². The van der Waals surface area contributed by atoms with Crippen LogP contribution in [-0.2, 0) is 7.05 Å². The van der Waals surface area contributed by atoms with E-state index < -0.39 is 6.10 Å². The van der Waals surface area contributed by atoms with Gasteiger partial charge in [0.25, 0.3) is 0 Å². The van der Waals surface area contributed by atoms with Crippen LogP contribution in [-0.4, -0.2) is 14.9 Å². The second-order valence-corrected chi connectivity index (χ2v) is 3.71. The zero-order valence-electron chi connectivity index (χ0n) is 8.65. The van der Waals surface area contributed by atoms with Crippen LogP contribution in [0.1, 0.15) is 24.3 Å². The number of hydrogen-bond donors (Lipinski definition) is 1. The van der Waals surface area contributed by atoms with Crippen LogP contribution in [0.25, 0.3) is 10.9 Å². The van der Waals surface area contributed by atoms with Gasteiger partial charge < -0.3 is 5.11 Å². The molecule has 0 spiro atoms. The van der Waals surface area contributed by atoms with Crippen molar-refractivity contribution in [3.05, 3.63) is 29.5 Å². The van der Waals surface area contributed by atoms with Gasteiger partial charge in [-0.15, -0.1) is 0 Å². The van der Waals surface area contributed by atoms with E-state index in [9.17, 15) is 5.11 Å². The molecule has 1 heterocycles. The monoisotopic (exact) mass is 190 g/mol. The molecule has 0 aliphatic carbocycles. The van der Waals surface area contributed by atoms with Crippen LogP contribution in [0.2, 0.25) is 0 Å². The highest BCUT2D eigenvalue weighted by molar-refractivity contribution is 5.82. The highest BCUT2D eigenvalue weighted by Gasteiger charge is 2.12. The first-order chi connectivity index (χ1) is 6.59. The van der Waals surface area contributed by atoms with Crippen LogP contribution >= 0.6 is 0 Å². The normalized spacial score (nSPS) is 13.4. The molecule has 1 unspecified atom stereocenters. The minimum Gasteiger partial charge on any atom is -0.387 e. The molecule has 2 rings (SSSR count). The highest BCUT2D eigenvalue weighted by Crippen LogP contribution is 2.24. The average Bonchev–Trinajstić information content (AvgIpc) is 2.40. The number of aliphatic hydroxyl groups is 1. The topological polar surface area (TPSA) is 38.0 Å². The minimum atomic E-state index is -0.480. The molecule has 1 aromatic heterocycles. The summed E-state index contributed by atoms with van der Waals surface area (Å²) in [4.78, 5) is 0. The number of benzene rings is 1. The molecule has 1 N–H and O–H groups in total. The van der Waals surface area contributed by atoms with Crippen LogP contribution in [0.15, 0.2) is 18.2 Å². The number of aliphatic hydroxyl groups excluding tert-OH is 1. The predicted molar refractivity (Wildman–Crippen MR) is 56.1 cm³/mol. The summed E-state index contributed by atoms with van der Waals surface area (Å²) in [5.74, 6) is 0. The van der Waals surface area contributed by atoms with Gasteiger partial charge in [-0.25, -0.2) is 0 Å². The summed E-state index contributed by atoms with van der Waals surface area (Å²) >= 11 is 0. The quantitative estimate of drug-likeness (QED) is 0.746. The molecule has 0 radical (unpaired) electrons. The molecule has 74 valence electrons.